The van der Waals surface area contributed by atoms with Gasteiger partial charge in [0.1, 0.15) is 11.6 Å². The minimum atomic E-state index is -2.90. The van der Waals surface area contributed by atoms with Gasteiger partial charge in [0, 0.05) is 24.6 Å². The molecule has 0 aromatic heterocycles. The maximum Gasteiger partial charge on any atom is 0.324 e. The zero-order chi connectivity index (χ0) is 16.4. The van der Waals surface area contributed by atoms with E-state index in [0.29, 0.717) is 12.3 Å². The number of ether oxygens (including phenoxy) is 1. The molecule has 2 rings (SSSR count). The minimum Gasteiger partial charge on any atom is -0.459 e. The summed E-state index contributed by atoms with van der Waals surface area (Å²) in [6.45, 7) is 7.13. The highest BCUT2D eigenvalue weighted by molar-refractivity contribution is 7.99. The van der Waals surface area contributed by atoms with E-state index in [1.54, 1.807) is 11.8 Å². The molecular formula is C15H27NO4S2. The van der Waals surface area contributed by atoms with Crippen molar-refractivity contribution in [2.45, 2.75) is 45.3 Å². The Hall–Kier alpha value is -0.270. The summed E-state index contributed by atoms with van der Waals surface area (Å²) >= 11 is 1.76. The maximum absolute atomic E-state index is 12.4. The summed E-state index contributed by atoms with van der Waals surface area (Å²) in [6.07, 6.45) is 1.68. The number of hydrogen-bond acceptors (Lipinski definition) is 6. The van der Waals surface area contributed by atoms with Crippen LogP contribution in [-0.2, 0) is 19.4 Å². The quantitative estimate of drug-likeness (QED) is 0.721. The lowest BCUT2D eigenvalue weighted by Gasteiger charge is -2.38. The van der Waals surface area contributed by atoms with Crippen LogP contribution in [0.25, 0.3) is 0 Å². The Kier molecular flexibility index (Phi) is 5.83. The van der Waals surface area contributed by atoms with Crippen LogP contribution in [0.4, 0.5) is 0 Å². The van der Waals surface area contributed by atoms with Crippen LogP contribution in [0, 0.1) is 5.92 Å². The van der Waals surface area contributed by atoms with Crippen molar-refractivity contribution >= 4 is 27.6 Å². The van der Waals surface area contributed by atoms with Gasteiger partial charge < -0.3 is 4.74 Å². The molecule has 2 saturated heterocycles. The van der Waals surface area contributed by atoms with E-state index in [9.17, 15) is 13.2 Å². The summed E-state index contributed by atoms with van der Waals surface area (Å²) in [5, 5.41) is 0. The Morgan fingerprint density at radius 2 is 2.09 bits per heavy atom. The van der Waals surface area contributed by atoms with E-state index >= 15 is 0 Å². The van der Waals surface area contributed by atoms with Gasteiger partial charge in [-0.1, -0.05) is 0 Å². The first-order valence-corrected chi connectivity index (χ1v) is 10.9. The number of nitrogens with zero attached hydrogens (tertiary/aromatic N) is 1. The first kappa shape index (κ1) is 18.1. The summed E-state index contributed by atoms with van der Waals surface area (Å²) in [5.41, 5.74) is -0.487. The van der Waals surface area contributed by atoms with E-state index < -0.39 is 15.4 Å². The second kappa shape index (κ2) is 7.09. The molecule has 0 aromatic rings. The largest absolute Gasteiger partial charge is 0.459 e. The molecule has 0 bridgehead atoms. The van der Waals surface area contributed by atoms with Crippen molar-refractivity contribution in [2.75, 3.05) is 36.1 Å². The van der Waals surface area contributed by atoms with Gasteiger partial charge in [-0.05, 0) is 39.5 Å². The van der Waals surface area contributed by atoms with E-state index in [1.807, 2.05) is 20.8 Å². The zero-order valence-electron chi connectivity index (χ0n) is 13.7. The van der Waals surface area contributed by atoms with Crippen LogP contribution in [0.1, 0.15) is 33.6 Å². The number of carbonyl (C=O) groups excluding carboxylic acids is 1. The van der Waals surface area contributed by atoms with Gasteiger partial charge in [-0.15, -0.1) is 0 Å². The van der Waals surface area contributed by atoms with Crippen molar-refractivity contribution in [1.29, 1.82) is 0 Å². The summed E-state index contributed by atoms with van der Waals surface area (Å²) < 4.78 is 29.1. The highest BCUT2D eigenvalue weighted by Gasteiger charge is 2.35. The normalized spacial score (nSPS) is 30.0. The fraction of sp³-hybridized carbons (Fsp3) is 0.933. The Labute approximate surface area is 138 Å². The average Bonchev–Trinajstić information content (AvgIpc) is 2.36. The Bertz CT molecular complexity index is 498. The van der Waals surface area contributed by atoms with Crippen LogP contribution in [-0.4, -0.2) is 67.0 Å². The van der Waals surface area contributed by atoms with E-state index in [1.165, 1.54) is 0 Å². The van der Waals surface area contributed by atoms with Gasteiger partial charge in [0.05, 0.1) is 11.5 Å². The van der Waals surface area contributed by atoms with Crippen molar-refractivity contribution < 1.29 is 17.9 Å². The predicted molar refractivity (Wildman–Crippen MR) is 89.9 cm³/mol. The lowest BCUT2D eigenvalue weighted by molar-refractivity contribution is -0.160. The topological polar surface area (TPSA) is 63.7 Å². The van der Waals surface area contributed by atoms with Gasteiger partial charge in [0.25, 0.3) is 0 Å². The van der Waals surface area contributed by atoms with Gasteiger partial charge in [-0.3, -0.25) is 9.69 Å². The maximum atomic E-state index is 12.4. The molecular weight excluding hydrogens is 322 g/mol. The third kappa shape index (κ3) is 5.42. The summed E-state index contributed by atoms with van der Waals surface area (Å²) in [5.74, 6) is 2.25. The molecule has 0 aliphatic carbocycles. The summed E-state index contributed by atoms with van der Waals surface area (Å²) in [4.78, 5) is 14.5. The van der Waals surface area contributed by atoms with Crippen molar-refractivity contribution in [3.8, 4) is 0 Å². The summed E-state index contributed by atoms with van der Waals surface area (Å²) in [6, 6.07) is -0.248. The highest BCUT2D eigenvalue weighted by atomic mass is 32.2. The predicted octanol–water partition coefficient (Wildman–Crippen LogP) is 1.57. The molecule has 2 fully saturated rings. The Morgan fingerprint density at radius 3 is 2.73 bits per heavy atom. The number of thioether (sulfide) groups is 1. The SMILES string of the molecule is CC(C)(C)OC(=O)[C@@H]1CSCCN1C[C@@H]1CCCS(=O)(=O)C1. The van der Waals surface area contributed by atoms with Crippen LogP contribution in [0.2, 0.25) is 0 Å². The third-order valence-electron chi connectivity index (χ3n) is 3.97. The van der Waals surface area contributed by atoms with Crippen LogP contribution >= 0.6 is 11.8 Å². The minimum absolute atomic E-state index is 0.145. The third-order valence-corrected chi connectivity index (χ3v) is 6.88. The molecule has 128 valence electrons. The Balaban J connectivity index is 1.99. The fourth-order valence-corrected chi connectivity index (χ4v) is 5.90. The Morgan fingerprint density at radius 1 is 1.36 bits per heavy atom. The molecule has 2 heterocycles. The van der Waals surface area contributed by atoms with E-state index in [2.05, 4.69) is 4.90 Å². The highest BCUT2D eigenvalue weighted by Crippen LogP contribution is 2.25. The molecule has 0 unspecified atom stereocenters. The van der Waals surface area contributed by atoms with Crippen molar-refractivity contribution in [2.24, 2.45) is 5.92 Å². The molecule has 0 N–H and O–H groups in total. The second-order valence-electron chi connectivity index (χ2n) is 7.24. The fourth-order valence-electron chi connectivity index (χ4n) is 3.04. The molecule has 0 amide bonds. The first-order chi connectivity index (χ1) is 10.2. The molecule has 0 saturated carbocycles. The lowest BCUT2D eigenvalue weighted by Crippen LogP contribution is -2.51. The molecule has 0 aromatic carbocycles. The number of esters is 1. The summed E-state index contributed by atoms with van der Waals surface area (Å²) in [7, 11) is -2.90. The first-order valence-electron chi connectivity index (χ1n) is 7.91. The van der Waals surface area contributed by atoms with Gasteiger partial charge in [0.15, 0.2) is 9.84 Å². The van der Waals surface area contributed by atoms with Gasteiger partial charge in [-0.25, -0.2) is 8.42 Å². The number of carbonyl (C=O) groups is 1. The van der Waals surface area contributed by atoms with Crippen molar-refractivity contribution in [3.05, 3.63) is 0 Å². The van der Waals surface area contributed by atoms with E-state index in [0.717, 1.165) is 30.9 Å². The van der Waals surface area contributed by atoms with E-state index in [-0.39, 0.29) is 23.7 Å². The van der Waals surface area contributed by atoms with Gasteiger partial charge in [0.2, 0.25) is 0 Å². The molecule has 22 heavy (non-hydrogen) atoms. The zero-order valence-corrected chi connectivity index (χ0v) is 15.3. The van der Waals surface area contributed by atoms with Gasteiger partial charge in [-0.2, -0.15) is 11.8 Å². The lowest BCUT2D eigenvalue weighted by atomic mass is 10.0. The van der Waals surface area contributed by atoms with Crippen LogP contribution in [0.3, 0.4) is 0 Å². The monoisotopic (exact) mass is 349 g/mol. The van der Waals surface area contributed by atoms with Gasteiger partial charge >= 0.3 is 5.97 Å². The van der Waals surface area contributed by atoms with Crippen molar-refractivity contribution in [1.82, 2.24) is 4.90 Å². The average molecular weight is 350 g/mol. The van der Waals surface area contributed by atoms with Crippen LogP contribution in [0.5, 0.6) is 0 Å². The van der Waals surface area contributed by atoms with Crippen LogP contribution < -0.4 is 0 Å². The van der Waals surface area contributed by atoms with Crippen molar-refractivity contribution in [3.63, 3.8) is 0 Å². The molecule has 2 atom stereocenters. The standard InChI is InChI=1S/C15H27NO4S2/c1-15(2,3)20-14(17)13-10-21-7-6-16(13)9-12-5-4-8-22(18,19)11-12/h12-13H,4-11H2,1-3H3/t12-,13-/m0/s1. The second-order valence-corrected chi connectivity index (χ2v) is 10.6. The number of sulfone groups is 1. The molecule has 5 nitrogen and oxygen atoms in total. The number of hydrogen-bond donors (Lipinski definition) is 0. The smallest absolute Gasteiger partial charge is 0.324 e. The molecule has 0 radical (unpaired) electrons. The van der Waals surface area contributed by atoms with Crippen LogP contribution in [0.15, 0.2) is 0 Å². The molecule has 7 heteroatoms. The molecule has 2 aliphatic heterocycles. The number of rotatable bonds is 3. The molecule has 2 aliphatic rings. The van der Waals surface area contributed by atoms with E-state index in [4.69, 9.17) is 4.74 Å². The molecule has 0 spiro atoms.